The van der Waals surface area contributed by atoms with Gasteiger partial charge in [0.15, 0.2) is 0 Å². The van der Waals surface area contributed by atoms with Gasteiger partial charge in [-0.2, -0.15) is 18.4 Å². The lowest BCUT2D eigenvalue weighted by atomic mass is 10.2. The van der Waals surface area contributed by atoms with E-state index in [1.165, 1.54) is 31.4 Å². The molecule has 0 aliphatic carbocycles. The number of nitrogens with one attached hydrogen (secondary N) is 1. The van der Waals surface area contributed by atoms with Crippen molar-refractivity contribution in [3.8, 4) is 11.8 Å². The van der Waals surface area contributed by atoms with E-state index >= 15 is 0 Å². The van der Waals surface area contributed by atoms with Crippen molar-refractivity contribution in [1.82, 2.24) is 0 Å². The maximum Gasteiger partial charge on any atom is 0.417 e. The Labute approximate surface area is 136 Å². The fourth-order valence-corrected chi connectivity index (χ4v) is 3.28. The summed E-state index contributed by atoms with van der Waals surface area (Å²) in [5.41, 5.74) is -1.51. The van der Waals surface area contributed by atoms with Crippen molar-refractivity contribution in [2.75, 3.05) is 11.8 Å². The first-order valence-corrected chi connectivity index (χ1v) is 7.94. The molecule has 2 rings (SSSR count). The summed E-state index contributed by atoms with van der Waals surface area (Å²) >= 11 is 0. The van der Waals surface area contributed by atoms with E-state index < -0.39 is 26.7 Å². The van der Waals surface area contributed by atoms with Crippen LogP contribution in [0.25, 0.3) is 0 Å². The van der Waals surface area contributed by atoms with E-state index in [0.717, 1.165) is 12.1 Å². The Bertz CT molecular complexity index is 903. The number of anilines is 1. The summed E-state index contributed by atoms with van der Waals surface area (Å²) in [6.45, 7) is 0. The molecule has 0 aliphatic rings. The molecular formula is C15H11F3N2O3S. The Kier molecular flexibility index (Phi) is 4.71. The lowest BCUT2D eigenvalue weighted by Crippen LogP contribution is -2.19. The highest BCUT2D eigenvalue weighted by Crippen LogP contribution is 2.35. The summed E-state index contributed by atoms with van der Waals surface area (Å²) in [7, 11) is -3.18. The highest BCUT2D eigenvalue weighted by atomic mass is 32.2. The van der Waals surface area contributed by atoms with E-state index in [0.29, 0.717) is 11.8 Å². The van der Waals surface area contributed by atoms with Crippen LogP contribution in [0.5, 0.6) is 5.75 Å². The Morgan fingerprint density at radius 2 is 1.83 bits per heavy atom. The summed E-state index contributed by atoms with van der Waals surface area (Å²) in [6, 6.07) is 9.45. The third-order valence-electron chi connectivity index (χ3n) is 3.07. The minimum Gasteiger partial charge on any atom is -0.497 e. The maximum atomic E-state index is 13.0. The summed E-state index contributed by atoms with van der Waals surface area (Å²) in [4.78, 5) is -0.919. The number of methoxy groups -OCH3 is 1. The molecule has 0 aromatic heterocycles. The first-order chi connectivity index (χ1) is 11.2. The Hall–Kier alpha value is -2.73. The molecule has 0 aliphatic heterocycles. The van der Waals surface area contributed by atoms with Gasteiger partial charge in [0.25, 0.3) is 10.0 Å². The van der Waals surface area contributed by atoms with Crippen molar-refractivity contribution >= 4 is 15.7 Å². The minimum absolute atomic E-state index is 0.0811. The summed E-state index contributed by atoms with van der Waals surface area (Å²) < 4.78 is 70.6. The zero-order valence-electron chi connectivity index (χ0n) is 12.3. The monoisotopic (exact) mass is 356 g/mol. The molecule has 126 valence electrons. The molecular weight excluding hydrogens is 345 g/mol. The molecule has 0 atom stereocenters. The van der Waals surface area contributed by atoms with Gasteiger partial charge in [-0.3, -0.25) is 4.72 Å². The molecule has 0 bridgehead atoms. The SMILES string of the molecule is COc1ccc(NS(=O)(=O)c2ccccc2C(F)(F)F)c(C#N)c1. The molecule has 0 saturated heterocycles. The number of hydrogen-bond acceptors (Lipinski definition) is 4. The Morgan fingerprint density at radius 1 is 1.17 bits per heavy atom. The average Bonchev–Trinajstić information content (AvgIpc) is 2.54. The molecule has 0 spiro atoms. The van der Waals surface area contributed by atoms with Gasteiger partial charge in [0, 0.05) is 6.07 Å². The predicted molar refractivity (Wildman–Crippen MR) is 80.0 cm³/mol. The largest absolute Gasteiger partial charge is 0.497 e. The lowest BCUT2D eigenvalue weighted by Gasteiger charge is -2.15. The molecule has 9 heteroatoms. The Balaban J connectivity index is 2.50. The molecule has 0 unspecified atom stereocenters. The average molecular weight is 356 g/mol. The zero-order chi connectivity index (χ0) is 18.0. The van der Waals surface area contributed by atoms with Gasteiger partial charge in [-0.05, 0) is 24.3 Å². The molecule has 0 amide bonds. The number of rotatable bonds is 4. The first kappa shape index (κ1) is 17.6. The van der Waals surface area contributed by atoms with Gasteiger partial charge >= 0.3 is 6.18 Å². The van der Waals surface area contributed by atoms with Crippen LogP contribution in [0.15, 0.2) is 47.4 Å². The number of alkyl halides is 3. The number of nitriles is 1. The van der Waals surface area contributed by atoms with Crippen LogP contribution >= 0.6 is 0 Å². The standard InChI is InChI=1S/C15H11F3N2O3S/c1-23-11-6-7-13(10(8-11)9-19)20-24(21,22)14-5-3-2-4-12(14)15(16,17)18/h2-8,20H,1H3. The van der Waals surface area contributed by atoms with Crippen molar-refractivity contribution in [3.05, 3.63) is 53.6 Å². The number of benzene rings is 2. The van der Waals surface area contributed by atoms with Crippen LogP contribution in [0.1, 0.15) is 11.1 Å². The van der Waals surface area contributed by atoms with Crippen molar-refractivity contribution < 1.29 is 26.3 Å². The van der Waals surface area contributed by atoms with Gasteiger partial charge in [-0.25, -0.2) is 8.42 Å². The van der Waals surface area contributed by atoms with Gasteiger partial charge in [-0.1, -0.05) is 12.1 Å². The van der Waals surface area contributed by atoms with Crippen LogP contribution in [0.4, 0.5) is 18.9 Å². The molecule has 0 saturated carbocycles. The third-order valence-corrected chi connectivity index (χ3v) is 4.50. The fourth-order valence-electron chi connectivity index (χ4n) is 1.97. The molecule has 0 fully saturated rings. The van der Waals surface area contributed by atoms with Crippen molar-refractivity contribution in [2.45, 2.75) is 11.1 Å². The van der Waals surface area contributed by atoms with Gasteiger partial charge in [-0.15, -0.1) is 0 Å². The second-order valence-corrected chi connectivity index (χ2v) is 6.27. The molecule has 0 radical (unpaired) electrons. The molecule has 2 aromatic carbocycles. The number of sulfonamides is 1. The maximum absolute atomic E-state index is 13.0. The molecule has 0 heterocycles. The van der Waals surface area contributed by atoms with E-state index in [4.69, 9.17) is 10.00 Å². The highest BCUT2D eigenvalue weighted by molar-refractivity contribution is 7.92. The second kappa shape index (κ2) is 6.41. The lowest BCUT2D eigenvalue weighted by molar-refractivity contribution is -0.139. The van der Waals surface area contributed by atoms with E-state index in [-0.39, 0.29) is 11.3 Å². The smallest absolute Gasteiger partial charge is 0.417 e. The quantitative estimate of drug-likeness (QED) is 0.911. The van der Waals surface area contributed by atoms with E-state index in [1.807, 2.05) is 4.72 Å². The Morgan fingerprint density at radius 3 is 2.42 bits per heavy atom. The molecule has 24 heavy (non-hydrogen) atoms. The van der Waals surface area contributed by atoms with Crippen LogP contribution < -0.4 is 9.46 Å². The molecule has 2 aromatic rings. The van der Waals surface area contributed by atoms with Crippen molar-refractivity contribution in [3.63, 3.8) is 0 Å². The summed E-state index contributed by atoms with van der Waals surface area (Å²) in [5.74, 6) is 0.310. The zero-order valence-corrected chi connectivity index (χ0v) is 13.1. The minimum atomic E-state index is -4.83. The van der Waals surface area contributed by atoms with Crippen LogP contribution in [-0.4, -0.2) is 15.5 Å². The number of hydrogen-bond donors (Lipinski definition) is 1. The van der Waals surface area contributed by atoms with Crippen LogP contribution in [0.3, 0.4) is 0 Å². The van der Waals surface area contributed by atoms with E-state index in [1.54, 1.807) is 6.07 Å². The van der Waals surface area contributed by atoms with Crippen LogP contribution in [0.2, 0.25) is 0 Å². The topological polar surface area (TPSA) is 79.2 Å². The van der Waals surface area contributed by atoms with E-state index in [2.05, 4.69) is 0 Å². The third kappa shape index (κ3) is 3.60. The normalized spacial score (nSPS) is 11.6. The number of halogens is 3. The van der Waals surface area contributed by atoms with Gasteiger partial charge in [0.1, 0.15) is 11.8 Å². The van der Waals surface area contributed by atoms with Gasteiger partial charge in [0.2, 0.25) is 0 Å². The first-order valence-electron chi connectivity index (χ1n) is 6.46. The summed E-state index contributed by atoms with van der Waals surface area (Å²) in [6.07, 6.45) is -4.83. The van der Waals surface area contributed by atoms with Crippen molar-refractivity contribution in [2.24, 2.45) is 0 Å². The van der Waals surface area contributed by atoms with Gasteiger partial charge in [0.05, 0.1) is 28.8 Å². The van der Waals surface area contributed by atoms with Crippen LogP contribution in [-0.2, 0) is 16.2 Å². The van der Waals surface area contributed by atoms with Crippen LogP contribution in [0, 0.1) is 11.3 Å². The molecule has 5 nitrogen and oxygen atoms in total. The van der Waals surface area contributed by atoms with Crippen molar-refractivity contribution in [1.29, 1.82) is 5.26 Å². The van der Waals surface area contributed by atoms with Gasteiger partial charge < -0.3 is 4.74 Å². The number of nitrogens with zero attached hydrogens (tertiary/aromatic N) is 1. The summed E-state index contributed by atoms with van der Waals surface area (Å²) in [5, 5.41) is 9.07. The molecule has 1 N–H and O–H groups in total. The second-order valence-electron chi connectivity index (χ2n) is 4.62. The fraction of sp³-hybridized carbons (Fsp3) is 0.133. The number of ether oxygens (including phenoxy) is 1. The predicted octanol–water partition coefficient (Wildman–Crippen LogP) is 3.39. The van der Waals surface area contributed by atoms with E-state index in [9.17, 15) is 21.6 Å². The highest BCUT2D eigenvalue weighted by Gasteiger charge is 2.37.